The molecule has 3 aromatic rings. The van der Waals surface area contributed by atoms with Crippen LogP contribution in [0.4, 0.5) is 5.69 Å². The number of H-pyrrole nitrogens is 1. The smallest absolute Gasteiger partial charge is 0.241 e. The molecule has 1 atom stereocenters. The van der Waals surface area contributed by atoms with Crippen LogP contribution in [0.5, 0.6) is 5.75 Å². The maximum Gasteiger partial charge on any atom is 0.241 e. The zero-order chi connectivity index (χ0) is 19.3. The Morgan fingerprint density at radius 3 is 2.79 bits per heavy atom. The van der Waals surface area contributed by atoms with E-state index in [4.69, 9.17) is 4.74 Å². The third-order valence-electron chi connectivity index (χ3n) is 5.16. The fourth-order valence-corrected chi connectivity index (χ4v) is 3.70. The van der Waals surface area contributed by atoms with E-state index >= 15 is 0 Å². The first-order valence-electron chi connectivity index (χ1n) is 9.42. The Morgan fingerprint density at radius 1 is 1.18 bits per heavy atom. The summed E-state index contributed by atoms with van der Waals surface area (Å²) < 4.78 is 5.34. The van der Waals surface area contributed by atoms with Gasteiger partial charge in [-0.2, -0.15) is 0 Å². The number of aromatic nitrogens is 2. The van der Waals surface area contributed by atoms with E-state index < -0.39 is 0 Å². The van der Waals surface area contributed by atoms with Crippen molar-refractivity contribution in [3.63, 3.8) is 0 Å². The van der Waals surface area contributed by atoms with E-state index in [2.05, 4.69) is 39.1 Å². The Hall–Kier alpha value is -3.12. The molecule has 4 rings (SSSR count). The molecule has 0 spiro atoms. The third-order valence-corrected chi connectivity index (χ3v) is 5.16. The predicted molar refractivity (Wildman–Crippen MR) is 108 cm³/mol. The van der Waals surface area contributed by atoms with Crippen LogP contribution in [0.2, 0.25) is 0 Å². The van der Waals surface area contributed by atoms with Gasteiger partial charge in [-0.25, -0.2) is 4.98 Å². The summed E-state index contributed by atoms with van der Waals surface area (Å²) in [5.74, 6) is 0.849. The normalized spacial score (nSPS) is 17.7. The fourth-order valence-electron chi connectivity index (χ4n) is 3.70. The zero-order valence-electron chi connectivity index (χ0n) is 15.9. The number of piperazine rings is 1. The first kappa shape index (κ1) is 18.3. The number of nitrogens with zero attached hydrogens (tertiary/aromatic N) is 3. The van der Waals surface area contributed by atoms with Gasteiger partial charge in [0.2, 0.25) is 5.91 Å². The van der Waals surface area contributed by atoms with Gasteiger partial charge in [-0.05, 0) is 24.1 Å². The Balaban J connectivity index is 1.59. The average molecular weight is 376 g/mol. The standard InChI is InChI=1S/C22H24N4O2/c1-28-21-9-5-8-19(11-21)26-14-20(10-17-6-3-2-4-7-17)25(15-22(26)27)13-18-12-23-16-24-18/h2-9,11-12,16,20H,10,13-15H2,1H3,(H,23,24)/t20-/m0/s1. The molecule has 1 saturated heterocycles. The van der Waals surface area contributed by atoms with Gasteiger partial charge in [-0.15, -0.1) is 0 Å². The van der Waals surface area contributed by atoms with Crippen molar-refractivity contribution in [2.45, 2.75) is 19.0 Å². The minimum absolute atomic E-state index is 0.0945. The molecule has 2 aromatic carbocycles. The lowest BCUT2D eigenvalue weighted by Gasteiger charge is -2.41. The SMILES string of the molecule is COc1cccc(N2C[C@H](Cc3ccccc3)N(Cc3cnc[nH]3)CC2=O)c1. The molecule has 0 unspecified atom stereocenters. The van der Waals surface area contributed by atoms with Gasteiger partial charge in [0, 0.05) is 42.8 Å². The van der Waals surface area contributed by atoms with E-state index in [1.165, 1.54) is 5.56 Å². The molecule has 0 saturated carbocycles. The summed E-state index contributed by atoms with van der Waals surface area (Å²) in [4.78, 5) is 24.3. The van der Waals surface area contributed by atoms with Crippen LogP contribution in [-0.4, -0.2) is 47.0 Å². The van der Waals surface area contributed by atoms with E-state index in [0.717, 1.165) is 23.6 Å². The van der Waals surface area contributed by atoms with Crippen molar-refractivity contribution in [1.82, 2.24) is 14.9 Å². The molecule has 1 fully saturated rings. The fraction of sp³-hybridized carbons (Fsp3) is 0.273. The molecule has 144 valence electrons. The maximum atomic E-state index is 12.9. The molecule has 2 heterocycles. The summed E-state index contributed by atoms with van der Waals surface area (Å²) in [5, 5.41) is 0. The molecule has 1 aliphatic rings. The third kappa shape index (κ3) is 4.07. The number of aromatic amines is 1. The Morgan fingerprint density at radius 2 is 2.04 bits per heavy atom. The van der Waals surface area contributed by atoms with Gasteiger partial charge in [-0.3, -0.25) is 9.69 Å². The number of imidazole rings is 1. The molecule has 6 heteroatoms. The number of rotatable bonds is 6. The van der Waals surface area contributed by atoms with Crippen LogP contribution < -0.4 is 9.64 Å². The average Bonchev–Trinajstić information content (AvgIpc) is 3.24. The number of hydrogen-bond acceptors (Lipinski definition) is 4. The van der Waals surface area contributed by atoms with Crippen molar-refractivity contribution in [2.24, 2.45) is 0 Å². The molecule has 28 heavy (non-hydrogen) atoms. The number of benzene rings is 2. The van der Waals surface area contributed by atoms with Crippen LogP contribution in [0.15, 0.2) is 67.1 Å². The Labute approximate surface area is 164 Å². The number of anilines is 1. The summed E-state index contributed by atoms with van der Waals surface area (Å²) in [6.45, 7) is 1.68. The summed E-state index contributed by atoms with van der Waals surface area (Å²) >= 11 is 0. The lowest BCUT2D eigenvalue weighted by atomic mass is 10.0. The van der Waals surface area contributed by atoms with E-state index in [-0.39, 0.29) is 11.9 Å². The van der Waals surface area contributed by atoms with Crippen molar-refractivity contribution in [1.29, 1.82) is 0 Å². The number of carbonyl (C=O) groups excluding carboxylic acids is 1. The van der Waals surface area contributed by atoms with Gasteiger partial charge in [0.15, 0.2) is 0 Å². The molecule has 1 aromatic heterocycles. The van der Waals surface area contributed by atoms with Crippen LogP contribution in [0, 0.1) is 0 Å². The molecule has 0 aliphatic carbocycles. The highest BCUT2D eigenvalue weighted by molar-refractivity contribution is 5.95. The number of ether oxygens (including phenoxy) is 1. The second-order valence-electron chi connectivity index (χ2n) is 7.03. The number of carbonyl (C=O) groups is 1. The summed E-state index contributed by atoms with van der Waals surface area (Å²) in [7, 11) is 1.64. The molecule has 0 bridgehead atoms. The summed E-state index contributed by atoms with van der Waals surface area (Å²) in [6.07, 6.45) is 4.37. The van der Waals surface area contributed by atoms with E-state index in [9.17, 15) is 4.79 Å². The highest BCUT2D eigenvalue weighted by atomic mass is 16.5. The monoisotopic (exact) mass is 376 g/mol. The number of nitrogens with one attached hydrogen (secondary N) is 1. The molecule has 1 aliphatic heterocycles. The van der Waals surface area contributed by atoms with E-state index in [1.54, 1.807) is 13.4 Å². The predicted octanol–water partition coefficient (Wildman–Crippen LogP) is 2.88. The lowest BCUT2D eigenvalue weighted by molar-refractivity contribution is -0.122. The highest BCUT2D eigenvalue weighted by Gasteiger charge is 2.33. The van der Waals surface area contributed by atoms with Crippen LogP contribution in [0.25, 0.3) is 0 Å². The van der Waals surface area contributed by atoms with Crippen molar-refractivity contribution in [3.05, 3.63) is 78.4 Å². The highest BCUT2D eigenvalue weighted by Crippen LogP contribution is 2.26. The summed E-state index contributed by atoms with van der Waals surface area (Å²) in [5.41, 5.74) is 3.16. The van der Waals surface area contributed by atoms with E-state index in [1.807, 2.05) is 41.4 Å². The Kier molecular flexibility index (Phi) is 5.39. The molecule has 6 nitrogen and oxygen atoms in total. The van der Waals surface area contributed by atoms with Gasteiger partial charge in [0.25, 0.3) is 0 Å². The van der Waals surface area contributed by atoms with Crippen LogP contribution in [0.3, 0.4) is 0 Å². The van der Waals surface area contributed by atoms with Crippen molar-refractivity contribution >= 4 is 11.6 Å². The maximum absolute atomic E-state index is 12.9. The van der Waals surface area contributed by atoms with Crippen molar-refractivity contribution < 1.29 is 9.53 Å². The number of methoxy groups -OCH3 is 1. The molecule has 1 amide bonds. The van der Waals surface area contributed by atoms with Crippen LogP contribution in [-0.2, 0) is 17.8 Å². The first-order valence-corrected chi connectivity index (χ1v) is 9.42. The van der Waals surface area contributed by atoms with Gasteiger partial charge in [0.05, 0.1) is 20.0 Å². The summed E-state index contributed by atoms with van der Waals surface area (Å²) in [6, 6.07) is 18.3. The minimum atomic E-state index is 0.0945. The number of hydrogen-bond donors (Lipinski definition) is 1. The Bertz CT molecular complexity index is 911. The molecular weight excluding hydrogens is 352 g/mol. The molecule has 1 N–H and O–H groups in total. The molecular formula is C22H24N4O2. The van der Waals surface area contributed by atoms with Crippen LogP contribution >= 0.6 is 0 Å². The molecule has 0 radical (unpaired) electrons. The van der Waals surface area contributed by atoms with Gasteiger partial charge < -0.3 is 14.6 Å². The van der Waals surface area contributed by atoms with Gasteiger partial charge in [0.1, 0.15) is 5.75 Å². The van der Waals surface area contributed by atoms with Gasteiger partial charge >= 0.3 is 0 Å². The first-order chi connectivity index (χ1) is 13.7. The zero-order valence-corrected chi connectivity index (χ0v) is 15.9. The van der Waals surface area contributed by atoms with Crippen molar-refractivity contribution in [3.8, 4) is 5.75 Å². The van der Waals surface area contributed by atoms with Crippen LogP contribution in [0.1, 0.15) is 11.3 Å². The number of amides is 1. The van der Waals surface area contributed by atoms with Gasteiger partial charge in [-0.1, -0.05) is 36.4 Å². The second kappa shape index (κ2) is 8.27. The largest absolute Gasteiger partial charge is 0.497 e. The van der Waals surface area contributed by atoms with E-state index in [0.29, 0.717) is 19.6 Å². The quantitative estimate of drug-likeness (QED) is 0.719. The second-order valence-corrected chi connectivity index (χ2v) is 7.03. The van der Waals surface area contributed by atoms with Crippen molar-refractivity contribution in [2.75, 3.05) is 25.1 Å². The topological polar surface area (TPSA) is 61.5 Å². The lowest BCUT2D eigenvalue weighted by Crippen LogP contribution is -2.56. The minimum Gasteiger partial charge on any atom is -0.497 e.